The minimum atomic E-state index is -0.167. The Hall–Kier alpha value is -2.20. The lowest BCUT2D eigenvalue weighted by Gasteiger charge is -2.08. The van der Waals surface area contributed by atoms with E-state index >= 15 is 0 Å². The summed E-state index contributed by atoms with van der Waals surface area (Å²) in [6, 6.07) is 11.9. The average molecular weight is 291 g/mol. The zero-order chi connectivity index (χ0) is 14.5. The predicted octanol–water partition coefficient (Wildman–Crippen LogP) is 2.49. The number of benzene rings is 2. The fraction of sp³-hybridized carbons (Fsp3) is 0.133. The van der Waals surface area contributed by atoms with Crippen molar-refractivity contribution in [2.45, 2.75) is 13.0 Å². The number of carbonyl (C=O) groups is 1. The van der Waals surface area contributed by atoms with Crippen LogP contribution in [-0.4, -0.2) is 11.0 Å². The van der Waals surface area contributed by atoms with Gasteiger partial charge in [-0.05, 0) is 29.8 Å². The Morgan fingerprint density at radius 3 is 2.70 bits per heavy atom. The van der Waals surface area contributed by atoms with E-state index in [-0.39, 0.29) is 24.6 Å². The van der Waals surface area contributed by atoms with Crippen LogP contribution in [0.4, 0.5) is 5.69 Å². The molecule has 0 aliphatic heterocycles. The van der Waals surface area contributed by atoms with Crippen LogP contribution in [0.25, 0.3) is 0 Å². The summed E-state index contributed by atoms with van der Waals surface area (Å²) in [6.45, 7) is 0.222. The first-order valence-corrected chi connectivity index (χ1v) is 6.51. The summed E-state index contributed by atoms with van der Waals surface area (Å²) in [7, 11) is 0. The third-order valence-corrected chi connectivity index (χ3v) is 3.26. The van der Waals surface area contributed by atoms with Gasteiger partial charge >= 0.3 is 0 Å². The van der Waals surface area contributed by atoms with Gasteiger partial charge in [-0.15, -0.1) is 0 Å². The standard InChI is InChI=1S/C15H15ClN2O2/c16-13-4-2-1-3-10(13)8-15(20)18-9-11-7-12(17)5-6-14(11)19/h1-7,19H,8-9,17H2,(H,18,20). The van der Waals surface area contributed by atoms with Crippen LogP contribution in [-0.2, 0) is 17.8 Å². The molecule has 0 aliphatic carbocycles. The van der Waals surface area contributed by atoms with Gasteiger partial charge < -0.3 is 16.2 Å². The minimum absolute atomic E-state index is 0.109. The quantitative estimate of drug-likeness (QED) is 0.598. The van der Waals surface area contributed by atoms with Crippen molar-refractivity contribution in [1.82, 2.24) is 5.32 Å². The van der Waals surface area contributed by atoms with E-state index in [9.17, 15) is 9.90 Å². The van der Waals surface area contributed by atoms with Crippen molar-refractivity contribution < 1.29 is 9.90 Å². The van der Waals surface area contributed by atoms with E-state index in [0.717, 1.165) is 5.56 Å². The molecule has 104 valence electrons. The lowest BCUT2D eigenvalue weighted by molar-refractivity contribution is -0.120. The zero-order valence-electron chi connectivity index (χ0n) is 10.8. The number of rotatable bonds is 4. The molecule has 0 saturated heterocycles. The first kappa shape index (κ1) is 14.2. The van der Waals surface area contributed by atoms with Crippen molar-refractivity contribution in [1.29, 1.82) is 0 Å². The third kappa shape index (κ3) is 3.65. The van der Waals surface area contributed by atoms with Crippen molar-refractivity contribution in [3.63, 3.8) is 0 Å². The predicted molar refractivity (Wildman–Crippen MR) is 79.5 cm³/mol. The van der Waals surface area contributed by atoms with E-state index in [1.807, 2.05) is 12.1 Å². The molecule has 1 amide bonds. The molecule has 0 fully saturated rings. The van der Waals surface area contributed by atoms with Gasteiger partial charge in [0.05, 0.1) is 6.42 Å². The molecular weight excluding hydrogens is 276 g/mol. The largest absolute Gasteiger partial charge is 0.508 e. The average Bonchev–Trinajstić information content (AvgIpc) is 2.42. The molecule has 4 nitrogen and oxygen atoms in total. The summed E-state index contributed by atoms with van der Waals surface area (Å²) in [4.78, 5) is 11.9. The maximum atomic E-state index is 11.9. The molecule has 20 heavy (non-hydrogen) atoms. The van der Waals surface area contributed by atoms with Crippen LogP contribution in [0.15, 0.2) is 42.5 Å². The number of aromatic hydroxyl groups is 1. The third-order valence-electron chi connectivity index (χ3n) is 2.89. The van der Waals surface area contributed by atoms with E-state index in [1.54, 1.807) is 24.3 Å². The Labute approximate surface area is 122 Å². The molecule has 2 aromatic carbocycles. The fourth-order valence-electron chi connectivity index (χ4n) is 1.82. The molecule has 0 aromatic heterocycles. The maximum Gasteiger partial charge on any atom is 0.224 e. The van der Waals surface area contributed by atoms with E-state index < -0.39 is 0 Å². The zero-order valence-corrected chi connectivity index (χ0v) is 11.5. The number of nitrogens with one attached hydrogen (secondary N) is 1. The van der Waals surface area contributed by atoms with Crippen LogP contribution in [0.5, 0.6) is 5.75 Å². The SMILES string of the molecule is Nc1ccc(O)c(CNC(=O)Cc2ccccc2Cl)c1. The van der Waals surface area contributed by atoms with E-state index in [1.165, 1.54) is 6.07 Å². The number of anilines is 1. The number of carbonyl (C=O) groups excluding carboxylic acids is 1. The van der Waals surface area contributed by atoms with Crippen LogP contribution in [0, 0.1) is 0 Å². The van der Waals surface area contributed by atoms with Gasteiger partial charge in [0.2, 0.25) is 5.91 Å². The van der Waals surface area contributed by atoms with E-state index in [0.29, 0.717) is 16.3 Å². The number of hydrogen-bond donors (Lipinski definition) is 3. The molecule has 0 unspecified atom stereocenters. The Morgan fingerprint density at radius 2 is 1.95 bits per heavy atom. The second kappa shape index (κ2) is 6.30. The second-order valence-corrected chi connectivity index (χ2v) is 4.84. The highest BCUT2D eigenvalue weighted by molar-refractivity contribution is 6.31. The van der Waals surface area contributed by atoms with E-state index in [4.69, 9.17) is 17.3 Å². The first-order chi connectivity index (χ1) is 9.56. The molecule has 0 atom stereocenters. The van der Waals surface area contributed by atoms with Gasteiger partial charge in [0, 0.05) is 22.8 Å². The van der Waals surface area contributed by atoms with E-state index in [2.05, 4.69) is 5.32 Å². The smallest absolute Gasteiger partial charge is 0.224 e. The second-order valence-electron chi connectivity index (χ2n) is 4.43. The van der Waals surface area contributed by atoms with Gasteiger partial charge in [0.15, 0.2) is 0 Å². The Kier molecular flexibility index (Phi) is 4.48. The highest BCUT2D eigenvalue weighted by Crippen LogP contribution is 2.19. The van der Waals surface area contributed by atoms with Gasteiger partial charge in [-0.25, -0.2) is 0 Å². The highest BCUT2D eigenvalue weighted by atomic mass is 35.5. The number of amides is 1. The minimum Gasteiger partial charge on any atom is -0.508 e. The molecule has 2 aromatic rings. The highest BCUT2D eigenvalue weighted by Gasteiger charge is 2.08. The number of nitrogens with two attached hydrogens (primary N) is 1. The molecule has 4 N–H and O–H groups in total. The van der Waals surface area contributed by atoms with Crippen molar-refractivity contribution in [3.8, 4) is 5.75 Å². The van der Waals surface area contributed by atoms with Crippen LogP contribution in [0.3, 0.4) is 0 Å². The summed E-state index contributed by atoms with van der Waals surface area (Å²) >= 11 is 5.99. The van der Waals surface area contributed by atoms with Crippen LogP contribution < -0.4 is 11.1 Å². The van der Waals surface area contributed by atoms with Crippen LogP contribution in [0.2, 0.25) is 5.02 Å². The van der Waals surface area contributed by atoms with Gasteiger partial charge in [-0.3, -0.25) is 4.79 Å². The summed E-state index contributed by atoms with van der Waals surface area (Å²) in [6.07, 6.45) is 0.197. The summed E-state index contributed by atoms with van der Waals surface area (Å²) in [5, 5.41) is 12.9. The molecular formula is C15H15ClN2O2. The molecule has 0 radical (unpaired) electrons. The fourth-order valence-corrected chi connectivity index (χ4v) is 2.02. The van der Waals surface area contributed by atoms with Crippen molar-refractivity contribution in [2.75, 3.05) is 5.73 Å². The van der Waals surface area contributed by atoms with Crippen LogP contribution in [0.1, 0.15) is 11.1 Å². The van der Waals surface area contributed by atoms with Gasteiger partial charge in [0.1, 0.15) is 5.75 Å². The molecule has 0 spiro atoms. The topological polar surface area (TPSA) is 75.3 Å². The molecule has 0 saturated carbocycles. The summed E-state index contributed by atoms with van der Waals surface area (Å²) in [5.41, 5.74) is 7.52. The Bertz CT molecular complexity index is 629. The van der Waals surface area contributed by atoms with Gasteiger partial charge in [-0.2, -0.15) is 0 Å². The van der Waals surface area contributed by atoms with Gasteiger partial charge in [0.25, 0.3) is 0 Å². The number of hydrogen-bond acceptors (Lipinski definition) is 3. The molecule has 5 heteroatoms. The van der Waals surface area contributed by atoms with Crippen LogP contribution >= 0.6 is 11.6 Å². The van der Waals surface area contributed by atoms with Gasteiger partial charge in [-0.1, -0.05) is 29.8 Å². The molecule has 2 rings (SSSR count). The molecule has 0 heterocycles. The number of phenolic OH excluding ortho intramolecular Hbond substituents is 1. The lowest BCUT2D eigenvalue weighted by Crippen LogP contribution is -2.24. The Balaban J connectivity index is 1.96. The number of phenols is 1. The number of halogens is 1. The summed E-state index contributed by atoms with van der Waals surface area (Å²) < 4.78 is 0. The Morgan fingerprint density at radius 1 is 1.20 bits per heavy atom. The molecule has 0 bridgehead atoms. The lowest BCUT2D eigenvalue weighted by atomic mass is 10.1. The summed E-state index contributed by atoms with van der Waals surface area (Å²) in [5.74, 6) is -0.0582. The van der Waals surface area contributed by atoms with Crippen molar-refractivity contribution in [2.24, 2.45) is 0 Å². The van der Waals surface area contributed by atoms with Crippen molar-refractivity contribution in [3.05, 3.63) is 58.6 Å². The first-order valence-electron chi connectivity index (χ1n) is 6.13. The van der Waals surface area contributed by atoms with Crippen molar-refractivity contribution >= 4 is 23.2 Å². The maximum absolute atomic E-state index is 11.9. The normalized spacial score (nSPS) is 10.2. The number of nitrogen functional groups attached to an aromatic ring is 1. The monoisotopic (exact) mass is 290 g/mol. The molecule has 0 aliphatic rings.